The zero-order valence-corrected chi connectivity index (χ0v) is 11.3. The molecule has 0 aromatic carbocycles. The average Bonchev–Trinajstić information content (AvgIpc) is 3.07. The van der Waals surface area contributed by atoms with E-state index in [1.165, 1.54) is 0 Å². The zero-order valence-electron chi connectivity index (χ0n) is 11.3. The van der Waals surface area contributed by atoms with E-state index in [0.717, 1.165) is 25.7 Å². The first kappa shape index (κ1) is 15.0. The lowest BCUT2D eigenvalue weighted by Gasteiger charge is -2.22. The zero-order chi connectivity index (χ0) is 13.5. The van der Waals surface area contributed by atoms with Crippen LogP contribution >= 0.6 is 0 Å². The maximum absolute atomic E-state index is 11.8. The number of hydrogen-bond donors (Lipinski definition) is 2. The molecule has 1 fully saturated rings. The van der Waals surface area contributed by atoms with Crippen molar-refractivity contribution in [2.75, 3.05) is 13.1 Å². The largest absolute Gasteiger partial charge is 0.481 e. The minimum atomic E-state index is -0.805. The fraction of sp³-hybridized carbons (Fsp3) is 0.846. The summed E-state index contributed by atoms with van der Waals surface area (Å²) >= 11 is 0. The van der Waals surface area contributed by atoms with Crippen molar-refractivity contribution in [3.8, 4) is 0 Å². The van der Waals surface area contributed by atoms with Crippen molar-refractivity contribution >= 4 is 11.9 Å². The lowest BCUT2D eigenvalue weighted by molar-refractivity contribution is -0.137. The number of carboxylic acid groups (broad SMARTS) is 1. The second-order valence-electron chi connectivity index (χ2n) is 5.10. The molecule has 0 aromatic rings. The Morgan fingerprint density at radius 3 is 2.61 bits per heavy atom. The van der Waals surface area contributed by atoms with Gasteiger partial charge in [-0.25, -0.2) is 0 Å². The number of carbonyl (C=O) groups is 2. The van der Waals surface area contributed by atoms with E-state index in [4.69, 9.17) is 5.11 Å². The third kappa shape index (κ3) is 6.00. The molecule has 0 saturated heterocycles. The first-order valence-electron chi connectivity index (χ1n) is 6.78. The molecule has 0 heterocycles. The number of amides is 1. The molecule has 1 aliphatic rings. The van der Waals surface area contributed by atoms with Gasteiger partial charge < -0.3 is 10.4 Å². The van der Waals surface area contributed by atoms with Gasteiger partial charge in [0.25, 0.3) is 0 Å². The van der Waals surface area contributed by atoms with Crippen LogP contribution in [0.5, 0.6) is 0 Å². The van der Waals surface area contributed by atoms with E-state index in [0.29, 0.717) is 19.1 Å². The van der Waals surface area contributed by atoms with Gasteiger partial charge in [-0.2, -0.15) is 0 Å². The summed E-state index contributed by atoms with van der Waals surface area (Å²) in [6.07, 6.45) is 4.29. The lowest BCUT2D eigenvalue weighted by atomic mass is 10.2. The SMILES string of the molecule is CCCC(C)NC(=O)CN(CCC(=O)O)C1CC1. The van der Waals surface area contributed by atoms with Crippen LogP contribution in [0.1, 0.15) is 46.0 Å². The smallest absolute Gasteiger partial charge is 0.304 e. The number of hydrogen-bond acceptors (Lipinski definition) is 3. The molecular weight excluding hydrogens is 232 g/mol. The molecule has 18 heavy (non-hydrogen) atoms. The summed E-state index contributed by atoms with van der Waals surface area (Å²) in [6, 6.07) is 0.611. The van der Waals surface area contributed by atoms with Gasteiger partial charge in [-0.05, 0) is 26.2 Å². The molecule has 0 bridgehead atoms. The van der Waals surface area contributed by atoms with Crippen molar-refractivity contribution < 1.29 is 14.7 Å². The van der Waals surface area contributed by atoms with Crippen LogP contribution in [-0.2, 0) is 9.59 Å². The van der Waals surface area contributed by atoms with E-state index in [1.54, 1.807) is 0 Å². The van der Waals surface area contributed by atoms with Crippen molar-refractivity contribution in [1.82, 2.24) is 10.2 Å². The van der Waals surface area contributed by atoms with Gasteiger partial charge in [0, 0.05) is 18.6 Å². The van der Waals surface area contributed by atoms with Crippen molar-refractivity contribution in [2.45, 2.75) is 58.0 Å². The molecule has 5 heteroatoms. The predicted molar refractivity (Wildman–Crippen MR) is 69.4 cm³/mol. The molecule has 1 saturated carbocycles. The van der Waals surface area contributed by atoms with Crippen molar-refractivity contribution in [1.29, 1.82) is 0 Å². The fourth-order valence-corrected chi connectivity index (χ4v) is 2.08. The van der Waals surface area contributed by atoms with Crippen molar-refractivity contribution in [3.63, 3.8) is 0 Å². The van der Waals surface area contributed by atoms with E-state index in [9.17, 15) is 9.59 Å². The van der Waals surface area contributed by atoms with E-state index in [1.807, 2.05) is 11.8 Å². The second-order valence-corrected chi connectivity index (χ2v) is 5.10. The molecule has 0 spiro atoms. The lowest BCUT2D eigenvalue weighted by Crippen LogP contribution is -2.42. The molecule has 5 nitrogen and oxygen atoms in total. The summed E-state index contributed by atoms with van der Waals surface area (Å²) in [5.74, 6) is -0.798. The minimum absolute atomic E-state index is 0.00763. The quantitative estimate of drug-likeness (QED) is 0.651. The summed E-state index contributed by atoms with van der Waals surface area (Å²) in [5, 5.41) is 11.6. The van der Waals surface area contributed by atoms with Gasteiger partial charge in [-0.1, -0.05) is 13.3 Å². The molecule has 1 unspecified atom stereocenters. The Balaban J connectivity index is 2.31. The highest BCUT2D eigenvalue weighted by atomic mass is 16.4. The monoisotopic (exact) mass is 256 g/mol. The first-order chi connectivity index (χ1) is 8.52. The number of nitrogens with one attached hydrogen (secondary N) is 1. The van der Waals surface area contributed by atoms with E-state index in [-0.39, 0.29) is 18.4 Å². The molecule has 0 aliphatic heterocycles. The summed E-state index contributed by atoms with van der Waals surface area (Å²) in [7, 11) is 0. The van der Waals surface area contributed by atoms with Crippen LogP contribution in [0.2, 0.25) is 0 Å². The van der Waals surface area contributed by atoms with Crippen LogP contribution in [0, 0.1) is 0 Å². The number of carboxylic acids is 1. The Hall–Kier alpha value is -1.10. The van der Waals surface area contributed by atoms with Crippen molar-refractivity contribution in [2.24, 2.45) is 0 Å². The highest BCUT2D eigenvalue weighted by Gasteiger charge is 2.30. The molecule has 0 radical (unpaired) electrons. The first-order valence-corrected chi connectivity index (χ1v) is 6.78. The van der Waals surface area contributed by atoms with Crippen LogP contribution in [0.25, 0.3) is 0 Å². The van der Waals surface area contributed by atoms with E-state index >= 15 is 0 Å². The Bertz CT molecular complexity index is 290. The fourth-order valence-electron chi connectivity index (χ4n) is 2.08. The minimum Gasteiger partial charge on any atom is -0.481 e. The molecule has 1 atom stereocenters. The van der Waals surface area contributed by atoms with Crippen LogP contribution in [0.3, 0.4) is 0 Å². The molecular formula is C13H24N2O3. The number of aliphatic carboxylic acids is 1. The molecule has 1 amide bonds. The van der Waals surface area contributed by atoms with Crippen LogP contribution in [-0.4, -0.2) is 47.1 Å². The Labute approximate surface area is 109 Å². The van der Waals surface area contributed by atoms with Gasteiger partial charge in [0.2, 0.25) is 5.91 Å². The van der Waals surface area contributed by atoms with Gasteiger partial charge in [0.05, 0.1) is 13.0 Å². The molecule has 0 aromatic heterocycles. The molecule has 1 rings (SSSR count). The molecule has 2 N–H and O–H groups in total. The summed E-state index contributed by atoms with van der Waals surface area (Å²) in [5.41, 5.74) is 0. The van der Waals surface area contributed by atoms with Gasteiger partial charge in [0.15, 0.2) is 0 Å². The topological polar surface area (TPSA) is 69.6 Å². The third-order valence-corrected chi connectivity index (χ3v) is 3.15. The molecule has 1 aliphatic carbocycles. The maximum atomic E-state index is 11.8. The maximum Gasteiger partial charge on any atom is 0.304 e. The molecule has 104 valence electrons. The van der Waals surface area contributed by atoms with E-state index in [2.05, 4.69) is 12.2 Å². The summed E-state index contributed by atoms with van der Waals surface area (Å²) < 4.78 is 0. The summed E-state index contributed by atoms with van der Waals surface area (Å²) in [6.45, 7) is 4.88. The Morgan fingerprint density at radius 1 is 1.44 bits per heavy atom. The normalized spacial score (nSPS) is 16.6. The van der Waals surface area contributed by atoms with Crippen LogP contribution < -0.4 is 5.32 Å². The summed E-state index contributed by atoms with van der Waals surface area (Å²) in [4.78, 5) is 24.4. The standard InChI is InChI=1S/C13H24N2O3/c1-3-4-10(2)14-12(16)9-15(11-5-6-11)8-7-13(17)18/h10-11H,3-9H2,1-2H3,(H,14,16)(H,17,18). The van der Waals surface area contributed by atoms with Gasteiger partial charge in [0.1, 0.15) is 0 Å². The number of nitrogens with zero attached hydrogens (tertiary/aromatic N) is 1. The highest BCUT2D eigenvalue weighted by Crippen LogP contribution is 2.26. The van der Waals surface area contributed by atoms with Crippen LogP contribution in [0.15, 0.2) is 0 Å². The number of rotatable bonds is 9. The van der Waals surface area contributed by atoms with Crippen LogP contribution in [0.4, 0.5) is 0 Å². The van der Waals surface area contributed by atoms with Gasteiger partial charge in [-0.3, -0.25) is 14.5 Å². The van der Waals surface area contributed by atoms with Gasteiger partial charge in [-0.15, -0.1) is 0 Å². The van der Waals surface area contributed by atoms with Gasteiger partial charge >= 0.3 is 5.97 Å². The number of carbonyl (C=O) groups excluding carboxylic acids is 1. The Morgan fingerprint density at radius 2 is 2.11 bits per heavy atom. The van der Waals surface area contributed by atoms with E-state index < -0.39 is 5.97 Å². The van der Waals surface area contributed by atoms with Crippen molar-refractivity contribution in [3.05, 3.63) is 0 Å². The highest BCUT2D eigenvalue weighted by molar-refractivity contribution is 5.78. The predicted octanol–water partition coefficient (Wildman–Crippen LogP) is 1.23. The second kappa shape index (κ2) is 7.36. The Kier molecular flexibility index (Phi) is 6.12. The average molecular weight is 256 g/mol. The third-order valence-electron chi connectivity index (χ3n) is 3.15.